The number of amides is 2. The molecule has 5 N–H and O–H groups in total. The van der Waals surface area contributed by atoms with Crippen molar-refractivity contribution in [2.24, 2.45) is 17.6 Å². The molecule has 0 spiro atoms. The van der Waals surface area contributed by atoms with Crippen LogP contribution in [0.25, 0.3) is 0 Å². The number of hydrogen-bond acceptors (Lipinski definition) is 6. The molecule has 2 saturated carbocycles. The molecule has 3 aliphatic rings. The van der Waals surface area contributed by atoms with E-state index in [1.807, 2.05) is 25.1 Å². The lowest BCUT2D eigenvalue weighted by molar-refractivity contribution is -0.900. The van der Waals surface area contributed by atoms with Crippen LogP contribution in [-0.4, -0.2) is 44.4 Å². The maximum atomic E-state index is 14.9. The van der Waals surface area contributed by atoms with Crippen LogP contribution in [0.3, 0.4) is 0 Å². The van der Waals surface area contributed by atoms with E-state index in [4.69, 9.17) is 11.5 Å². The van der Waals surface area contributed by atoms with Gasteiger partial charge in [-0.2, -0.15) is 0 Å². The summed E-state index contributed by atoms with van der Waals surface area (Å²) in [6.45, 7) is 3.57. The molecule has 2 aromatic rings. The Kier molecular flexibility index (Phi) is 12.2. The third kappa shape index (κ3) is 6.57. The topological polar surface area (TPSA) is 124 Å². The summed E-state index contributed by atoms with van der Waals surface area (Å²) in [6.07, 6.45) is 12.9. The summed E-state index contributed by atoms with van der Waals surface area (Å²) >= 11 is 0. The van der Waals surface area contributed by atoms with Crippen molar-refractivity contribution in [2.45, 2.75) is 89.4 Å². The SMILES string of the molecule is Cc1nc(N)ccc1C[N+]1(C(=O)[C@@H](CC2CCCCC2)NCc2ccncc2)CCC[C@@H]2C[C@@]21C(N)=O.Cl.Cl.Cl. The lowest BCUT2D eigenvalue weighted by Crippen LogP contribution is -2.71. The van der Waals surface area contributed by atoms with Crippen LogP contribution in [0.15, 0.2) is 36.7 Å². The second-order valence-electron chi connectivity index (χ2n) is 11.5. The summed E-state index contributed by atoms with van der Waals surface area (Å²) in [5.74, 6) is 0.909. The summed E-state index contributed by atoms with van der Waals surface area (Å²) in [5, 5.41) is 3.63. The molecule has 2 amide bonds. The van der Waals surface area contributed by atoms with Gasteiger partial charge in [-0.25, -0.2) is 14.3 Å². The second kappa shape index (κ2) is 14.3. The van der Waals surface area contributed by atoms with Gasteiger partial charge in [0.05, 0.1) is 6.54 Å². The number of piperidine rings is 1. The molecular weight excluding hydrogens is 571 g/mol. The Morgan fingerprint density at radius 2 is 1.75 bits per heavy atom. The molecule has 0 aromatic carbocycles. The Balaban J connectivity index is 0.00000187. The third-order valence-corrected chi connectivity index (χ3v) is 9.33. The van der Waals surface area contributed by atoms with Crippen LogP contribution in [0.1, 0.15) is 74.6 Å². The van der Waals surface area contributed by atoms with Gasteiger partial charge in [0, 0.05) is 42.5 Å². The predicted octanol–water partition coefficient (Wildman–Crippen LogP) is 4.64. The molecule has 2 aliphatic carbocycles. The van der Waals surface area contributed by atoms with Gasteiger partial charge in [-0.3, -0.25) is 15.1 Å². The van der Waals surface area contributed by atoms with Crippen molar-refractivity contribution in [1.29, 1.82) is 0 Å². The van der Waals surface area contributed by atoms with Crippen LogP contribution < -0.4 is 16.8 Å². The molecule has 2 aromatic heterocycles. The van der Waals surface area contributed by atoms with Gasteiger partial charge in [-0.1, -0.05) is 32.1 Å². The van der Waals surface area contributed by atoms with Crippen LogP contribution in [0.4, 0.5) is 5.82 Å². The van der Waals surface area contributed by atoms with E-state index < -0.39 is 5.54 Å². The number of nitrogens with zero attached hydrogens (tertiary/aromatic N) is 3. The lowest BCUT2D eigenvalue weighted by atomic mass is 9.83. The molecule has 1 unspecified atom stereocenters. The maximum absolute atomic E-state index is 14.9. The second-order valence-corrected chi connectivity index (χ2v) is 11.5. The predicted molar refractivity (Wildman–Crippen MR) is 164 cm³/mol. The smallest absolute Gasteiger partial charge is 0.331 e. The zero-order valence-electron chi connectivity index (χ0n) is 23.2. The number of rotatable bonds is 9. The quantitative estimate of drug-likeness (QED) is 0.354. The van der Waals surface area contributed by atoms with E-state index >= 15 is 0 Å². The Hall–Kier alpha value is -1.97. The molecule has 0 bridgehead atoms. The average Bonchev–Trinajstić information content (AvgIpc) is 3.66. The van der Waals surface area contributed by atoms with Gasteiger partial charge >= 0.3 is 5.91 Å². The van der Waals surface area contributed by atoms with E-state index in [1.54, 1.807) is 18.5 Å². The number of nitrogens with one attached hydrogen (secondary N) is 1. The Labute approximate surface area is 256 Å². The van der Waals surface area contributed by atoms with Gasteiger partial charge in [0.2, 0.25) is 0 Å². The first-order valence-corrected chi connectivity index (χ1v) is 13.9. The standard InChI is InChI=1S/C29H40N6O2.3ClH/c1-20-23(9-10-26(30)34-20)19-35(15-5-8-24-17-29(24,35)28(31)37)27(36)25(16-21-6-3-2-4-7-21)33-18-22-11-13-32-14-12-22;;;/h9-14,21,24-25,33H,2-8,15-19H2,1H3,(H3-,30,31,34,37);3*1H/p+1/t24-,25-,29+,35?;;;/m1.../s1. The first kappa shape index (κ1) is 34.2. The number of nitrogens with two attached hydrogens (primary N) is 2. The largest absolute Gasteiger partial charge is 0.384 e. The van der Waals surface area contributed by atoms with Crippen LogP contribution >= 0.6 is 37.2 Å². The number of carbonyl (C=O) groups excluding carboxylic acids is 2. The van der Waals surface area contributed by atoms with Crippen LogP contribution in [0.5, 0.6) is 0 Å². The number of fused-ring (bicyclic) bond motifs is 1. The number of nitrogen functional groups attached to an aromatic ring is 1. The highest BCUT2D eigenvalue weighted by Gasteiger charge is 2.76. The number of carbonyl (C=O) groups is 2. The van der Waals surface area contributed by atoms with Gasteiger partial charge in [0.25, 0.3) is 5.91 Å². The van der Waals surface area contributed by atoms with E-state index in [9.17, 15) is 9.59 Å². The summed E-state index contributed by atoms with van der Waals surface area (Å²) in [5.41, 5.74) is 14.1. The van der Waals surface area contributed by atoms with Gasteiger partial charge in [0.15, 0.2) is 5.54 Å². The van der Waals surface area contributed by atoms with Crippen molar-refractivity contribution >= 4 is 54.9 Å². The maximum Gasteiger partial charge on any atom is 0.331 e. The zero-order valence-corrected chi connectivity index (χ0v) is 25.7. The molecule has 8 nitrogen and oxygen atoms in total. The molecule has 1 saturated heterocycles. The number of aryl methyl sites for hydroxylation is 1. The number of anilines is 1. The number of aromatic nitrogens is 2. The minimum Gasteiger partial charge on any atom is -0.384 e. The number of primary amides is 1. The lowest BCUT2D eigenvalue weighted by Gasteiger charge is -2.46. The van der Waals surface area contributed by atoms with E-state index in [-0.39, 0.29) is 65.5 Å². The molecule has 3 fully saturated rings. The highest BCUT2D eigenvalue weighted by molar-refractivity contribution is 5.91. The van der Waals surface area contributed by atoms with Crippen molar-refractivity contribution in [3.05, 3.63) is 53.5 Å². The van der Waals surface area contributed by atoms with Gasteiger partial charge in [-0.15, -0.1) is 37.2 Å². The number of hydrogen-bond donors (Lipinski definition) is 3. The van der Waals surface area contributed by atoms with Crippen LogP contribution in [0.2, 0.25) is 0 Å². The highest BCUT2D eigenvalue weighted by atomic mass is 35.5. The zero-order chi connectivity index (χ0) is 26.0. The fourth-order valence-electron chi connectivity index (χ4n) is 7.24. The van der Waals surface area contributed by atoms with E-state index in [0.717, 1.165) is 48.9 Å². The molecule has 11 heteroatoms. The van der Waals surface area contributed by atoms with Crippen molar-refractivity contribution in [2.75, 3.05) is 12.3 Å². The summed E-state index contributed by atoms with van der Waals surface area (Å²) < 4.78 is 0.0974. The van der Waals surface area contributed by atoms with Crippen molar-refractivity contribution in [3.8, 4) is 0 Å². The van der Waals surface area contributed by atoms with Crippen LogP contribution in [-0.2, 0) is 22.7 Å². The number of halogens is 3. The summed E-state index contributed by atoms with van der Waals surface area (Å²) in [4.78, 5) is 36.6. The minimum atomic E-state index is -0.827. The number of quaternary nitrogens is 1. The number of likely N-dealkylation sites (tertiary alicyclic amines) is 1. The van der Waals surface area contributed by atoms with E-state index in [1.165, 1.54) is 19.3 Å². The molecule has 222 valence electrons. The Morgan fingerprint density at radius 3 is 2.40 bits per heavy atom. The first-order valence-electron chi connectivity index (χ1n) is 13.9. The average molecular weight is 615 g/mol. The minimum absolute atomic E-state index is 0. The first-order chi connectivity index (χ1) is 17.9. The van der Waals surface area contributed by atoms with Gasteiger partial charge in [-0.05, 0) is 61.9 Å². The fraction of sp³-hybridized carbons (Fsp3) is 0.586. The molecule has 40 heavy (non-hydrogen) atoms. The third-order valence-electron chi connectivity index (χ3n) is 9.33. The Morgan fingerprint density at radius 1 is 1.05 bits per heavy atom. The van der Waals surface area contributed by atoms with Crippen LogP contribution in [0, 0.1) is 18.8 Å². The normalized spacial score (nSPS) is 26.2. The van der Waals surface area contributed by atoms with Gasteiger partial charge in [0.1, 0.15) is 18.4 Å². The fourth-order valence-corrected chi connectivity index (χ4v) is 7.24. The molecule has 0 radical (unpaired) electrons. The van der Waals surface area contributed by atoms with Crippen molar-refractivity contribution < 1.29 is 14.1 Å². The molecule has 1 aliphatic heterocycles. The summed E-state index contributed by atoms with van der Waals surface area (Å²) in [7, 11) is 0. The Bertz CT molecular complexity index is 1150. The summed E-state index contributed by atoms with van der Waals surface area (Å²) in [6, 6.07) is 7.35. The van der Waals surface area contributed by atoms with E-state index in [2.05, 4.69) is 15.3 Å². The molecule has 3 heterocycles. The van der Waals surface area contributed by atoms with Crippen molar-refractivity contribution in [3.63, 3.8) is 0 Å². The molecular formula is C29H44Cl3N6O2+. The highest BCUT2D eigenvalue weighted by Crippen LogP contribution is 2.59. The number of pyridine rings is 2. The monoisotopic (exact) mass is 613 g/mol. The van der Waals surface area contributed by atoms with Gasteiger partial charge < -0.3 is 11.5 Å². The van der Waals surface area contributed by atoms with E-state index in [0.29, 0.717) is 37.8 Å². The molecule has 5 rings (SSSR count). The van der Waals surface area contributed by atoms with Crippen molar-refractivity contribution in [1.82, 2.24) is 15.3 Å². The molecule has 4 atom stereocenters.